The lowest BCUT2D eigenvalue weighted by atomic mass is 10.1. The highest BCUT2D eigenvalue weighted by atomic mass is 35.5. The third kappa shape index (κ3) is 1.91. The second-order valence-corrected chi connectivity index (χ2v) is 4.41. The van der Waals surface area contributed by atoms with Crippen molar-refractivity contribution in [3.63, 3.8) is 0 Å². The monoisotopic (exact) mass is 234 g/mol. The fraction of sp³-hybridized carbons (Fsp3) is 0.308. The van der Waals surface area contributed by atoms with Crippen molar-refractivity contribution >= 4 is 22.5 Å². The highest BCUT2D eigenvalue weighted by Crippen LogP contribution is 2.25. The predicted molar refractivity (Wildman–Crippen MR) is 69.0 cm³/mol. The zero-order valence-electron chi connectivity index (χ0n) is 9.76. The summed E-state index contributed by atoms with van der Waals surface area (Å²) in [6.07, 6.45) is 0. The summed E-state index contributed by atoms with van der Waals surface area (Å²) in [4.78, 5) is 4.63. The third-order valence-electron chi connectivity index (χ3n) is 2.84. The lowest BCUT2D eigenvalue weighted by molar-refractivity contribution is 0.807. The van der Waals surface area contributed by atoms with Gasteiger partial charge < -0.3 is 5.32 Å². The van der Waals surface area contributed by atoms with Crippen LogP contribution in [0.15, 0.2) is 18.2 Å². The maximum atomic E-state index is 6.09. The Bertz CT molecular complexity index is 535. The van der Waals surface area contributed by atoms with Crippen LogP contribution in [0, 0.1) is 13.8 Å². The largest absolute Gasteiger partial charge is 0.316 e. The molecule has 0 fully saturated rings. The molecule has 0 aliphatic heterocycles. The molecule has 0 bridgehead atoms. The zero-order chi connectivity index (χ0) is 11.7. The summed E-state index contributed by atoms with van der Waals surface area (Å²) >= 11 is 6.09. The first-order chi connectivity index (χ1) is 7.63. The van der Waals surface area contributed by atoms with Gasteiger partial charge in [-0.15, -0.1) is 0 Å². The summed E-state index contributed by atoms with van der Waals surface area (Å²) in [5, 5.41) is 5.08. The summed E-state index contributed by atoms with van der Waals surface area (Å²) in [7, 11) is 1.94. The Kier molecular flexibility index (Phi) is 3.13. The van der Waals surface area contributed by atoms with Crippen LogP contribution in [0.3, 0.4) is 0 Å². The Morgan fingerprint density at radius 2 is 2.06 bits per heavy atom. The third-order valence-corrected chi connectivity index (χ3v) is 3.25. The number of hydrogen-bond acceptors (Lipinski definition) is 2. The van der Waals surface area contributed by atoms with Crippen LogP contribution in [-0.2, 0) is 6.54 Å². The number of aromatic nitrogens is 1. The minimum atomic E-state index is 0.778. The number of nitrogens with one attached hydrogen (secondary N) is 1. The first-order valence-corrected chi connectivity index (χ1v) is 5.71. The predicted octanol–water partition coefficient (Wildman–Crippen LogP) is 3.22. The fourth-order valence-corrected chi connectivity index (χ4v) is 2.01. The van der Waals surface area contributed by atoms with E-state index in [0.29, 0.717) is 0 Å². The summed E-state index contributed by atoms with van der Waals surface area (Å²) in [5.41, 5.74) is 4.35. The molecule has 1 aromatic carbocycles. The Morgan fingerprint density at radius 1 is 1.31 bits per heavy atom. The maximum Gasteiger partial charge on any atom is 0.0749 e. The van der Waals surface area contributed by atoms with Crippen molar-refractivity contribution in [1.29, 1.82) is 0 Å². The van der Waals surface area contributed by atoms with Crippen LogP contribution in [0.1, 0.15) is 16.8 Å². The van der Waals surface area contributed by atoms with E-state index in [1.807, 2.05) is 33.0 Å². The minimum Gasteiger partial charge on any atom is -0.316 e. The van der Waals surface area contributed by atoms with Crippen LogP contribution in [0.25, 0.3) is 10.9 Å². The quantitative estimate of drug-likeness (QED) is 0.863. The number of hydrogen-bond donors (Lipinski definition) is 1. The van der Waals surface area contributed by atoms with Gasteiger partial charge in [-0.2, -0.15) is 0 Å². The first-order valence-electron chi connectivity index (χ1n) is 5.33. The molecule has 0 saturated carbocycles. The fourth-order valence-electron chi connectivity index (χ4n) is 1.86. The van der Waals surface area contributed by atoms with Crippen LogP contribution in [0.2, 0.25) is 5.02 Å². The molecule has 0 saturated heterocycles. The molecule has 1 N–H and O–H groups in total. The van der Waals surface area contributed by atoms with E-state index >= 15 is 0 Å². The number of benzene rings is 1. The van der Waals surface area contributed by atoms with Gasteiger partial charge in [-0.05, 0) is 44.2 Å². The van der Waals surface area contributed by atoms with Gasteiger partial charge >= 0.3 is 0 Å². The van der Waals surface area contributed by atoms with E-state index < -0.39 is 0 Å². The molecule has 0 radical (unpaired) electrons. The normalized spacial score (nSPS) is 11.0. The smallest absolute Gasteiger partial charge is 0.0749 e. The number of halogens is 1. The highest BCUT2D eigenvalue weighted by molar-refractivity contribution is 6.32. The zero-order valence-corrected chi connectivity index (χ0v) is 10.5. The minimum absolute atomic E-state index is 0.778. The average Bonchev–Trinajstić information content (AvgIpc) is 2.26. The molecule has 1 aromatic heterocycles. The highest BCUT2D eigenvalue weighted by Gasteiger charge is 2.06. The van der Waals surface area contributed by atoms with Crippen molar-refractivity contribution in [3.05, 3.63) is 40.0 Å². The molecule has 2 aromatic rings. The summed E-state index contributed by atoms with van der Waals surface area (Å²) in [5.74, 6) is 0. The Morgan fingerprint density at radius 3 is 2.75 bits per heavy atom. The molecule has 0 aliphatic carbocycles. The molecule has 2 rings (SSSR count). The molecular weight excluding hydrogens is 220 g/mol. The lowest BCUT2D eigenvalue weighted by Crippen LogP contribution is -2.07. The molecule has 3 heteroatoms. The molecule has 16 heavy (non-hydrogen) atoms. The molecule has 2 nitrogen and oxygen atoms in total. The van der Waals surface area contributed by atoms with Crippen LogP contribution in [0.4, 0.5) is 0 Å². The van der Waals surface area contributed by atoms with E-state index in [2.05, 4.69) is 16.4 Å². The van der Waals surface area contributed by atoms with Crippen molar-refractivity contribution in [3.8, 4) is 0 Å². The topological polar surface area (TPSA) is 24.9 Å². The molecular formula is C13H15ClN2. The van der Waals surface area contributed by atoms with E-state index in [9.17, 15) is 0 Å². The van der Waals surface area contributed by atoms with Gasteiger partial charge in [0.2, 0.25) is 0 Å². The molecule has 0 spiro atoms. The Labute approximate surface area is 101 Å². The van der Waals surface area contributed by atoms with E-state index in [1.165, 1.54) is 5.56 Å². The van der Waals surface area contributed by atoms with Gasteiger partial charge in [-0.1, -0.05) is 17.7 Å². The lowest BCUT2D eigenvalue weighted by Gasteiger charge is -2.09. The number of nitrogens with zero attached hydrogens (tertiary/aromatic N) is 1. The molecule has 0 unspecified atom stereocenters. The van der Waals surface area contributed by atoms with Crippen molar-refractivity contribution < 1.29 is 0 Å². The standard InChI is InChI=1S/C13H15ClN2/c1-8-12(14)5-4-10-6-11(7-15-3)9(2)16-13(8)10/h4-6,15H,7H2,1-3H3. The second-order valence-electron chi connectivity index (χ2n) is 4.01. The first kappa shape index (κ1) is 11.4. The second kappa shape index (κ2) is 4.40. The molecule has 0 aliphatic rings. The number of rotatable bonds is 2. The van der Waals surface area contributed by atoms with Gasteiger partial charge in [0, 0.05) is 22.6 Å². The van der Waals surface area contributed by atoms with Crippen LogP contribution >= 0.6 is 11.6 Å². The van der Waals surface area contributed by atoms with Gasteiger partial charge in [0.15, 0.2) is 0 Å². The van der Waals surface area contributed by atoms with Gasteiger partial charge in [0.1, 0.15) is 0 Å². The van der Waals surface area contributed by atoms with E-state index in [0.717, 1.165) is 33.7 Å². The van der Waals surface area contributed by atoms with E-state index in [4.69, 9.17) is 11.6 Å². The summed E-state index contributed by atoms with van der Waals surface area (Å²) in [6.45, 7) is 4.89. The molecule has 0 atom stereocenters. The number of aryl methyl sites for hydroxylation is 2. The Balaban J connectivity index is 2.69. The number of pyridine rings is 1. The van der Waals surface area contributed by atoms with Crippen LogP contribution < -0.4 is 5.32 Å². The summed E-state index contributed by atoms with van der Waals surface area (Å²) in [6, 6.07) is 6.13. The van der Waals surface area contributed by atoms with Gasteiger partial charge in [-0.25, -0.2) is 0 Å². The average molecular weight is 235 g/mol. The number of fused-ring (bicyclic) bond motifs is 1. The SMILES string of the molecule is CNCc1cc2ccc(Cl)c(C)c2nc1C. The van der Waals surface area contributed by atoms with Crippen molar-refractivity contribution in [1.82, 2.24) is 10.3 Å². The van der Waals surface area contributed by atoms with Crippen molar-refractivity contribution in [2.45, 2.75) is 20.4 Å². The van der Waals surface area contributed by atoms with Gasteiger partial charge in [0.25, 0.3) is 0 Å². The molecule has 84 valence electrons. The van der Waals surface area contributed by atoms with Gasteiger partial charge in [0.05, 0.1) is 5.52 Å². The van der Waals surface area contributed by atoms with Crippen LogP contribution in [-0.4, -0.2) is 12.0 Å². The van der Waals surface area contributed by atoms with Crippen LogP contribution in [0.5, 0.6) is 0 Å². The van der Waals surface area contributed by atoms with Gasteiger partial charge in [-0.3, -0.25) is 4.98 Å². The molecule has 0 amide bonds. The van der Waals surface area contributed by atoms with E-state index in [1.54, 1.807) is 0 Å². The maximum absolute atomic E-state index is 6.09. The Hall–Kier alpha value is -1.12. The van der Waals surface area contributed by atoms with Crippen molar-refractivity contribution in [2.75, 3.05) is 7.05 Å². The summed E-state index contributed by atoms with van der Waals surface area (Å²) < 4.78 is 0. The molecule has 1 heterocycles. The van der Waals surface area contributed by atoms with Crippen molar-refractivity contribution in [2.24, 2.45) is 0 Å². The van der Waals surface area contributed by atoms with E-state index in [-0.39, 0.29) is 0 Å².